The summed E-state index contributed by atoms with van der Waals surface area (Å²) in [6, 6.07) is 8.21. The molecule has 0 radical (unpaired) electrons. The average molecular weight is 1380 g/mol. The summed E-state index contributed by atoms with van der Waals surface area (Å²) in [4.78, 5) is 92.5. The van der Waals surface area contributed by atoms with Crippen LogP contribution in [-0.4, -0.2) is 118 Å². The van der Waals surface area contributed by atoms with Crippen molar-refractivity contribution in [2.75, 3.05) is 26.4 Å². The summed E-state index contributed by atoms with van der Waals surface area (Å²) < 4.78 is 59.5. The molecule has 8 aliphatic rings. The molecule has 8 aliphatic carbocycles. The molecule has 0 aromatic carbocycles. The van der Waals surface area contributed by atoms with E-state index in [1.165, 1.54) is 14.6 Å². The number of Topliss-reactive ketones (excluding diaryl/α,β-unsaturated/α-hetero) is 2. The van der Waals surface area contributed by atoms with Crippen LogP contribution in [0.25, 0.3) is 0 Å². The number of carbonyl (C=O) groups is 6. The second-order valence-electron chi connectivity index (χ2n) is 26.9. The lowest BCUT2D eigenvalue weighted by molar-refractivity contribution is -0.228. The summed E-state index contributed by atoms with van der Waals surface area (Å²) in [5.74, 6) is -6.07. The molecule has 92 heavy (non-hydrogen) atoms. The van der Waals surface area contributed by atoms with E-state index in [9.17, 15) is 39.0 Å². The third kappa shape index (κ3) is 12.3. The zero-order valence-corrected chi connectivity index (χ0v) is 58.4. The number of aliphatic hydroxyl groups excluding tert-OH is 2. The van der Waals surface area contributed by atoms with Crippen LogP contribution in [0.1, 0.15) is 161 Å². The molecule has 21 heteroatoms. The lowest BCUT2D eigenvalue weighted by Gasteiger charge is -2.62. The summed E-state index contributed by atoms with van der Waals surface area (Å²) in [6.07, 6.45) is 12.6. The van der Waals surface area contributed by atoms with Gasteiger partial charge < -0.3 is 38.8 Å². The Labute approximate surface area is 556 Å². The Hall–Kier alpha value is -5.48. The summed E-state index contributed by atoms with van der Waals surface area (Å²) in [5, 5.41) is 32.3. The van der Waals surface area contributed by atoms with Crippen molar-refractivity contribution in [3.63, 3.8) is 0 Å². The van der Waals surface area contributed by atoms with Gasteiger partial charge in [-0.15, -0.1) is 35.8 Å². The topological polar surface area (TPSA) is 223 Å². The molecule has 2 aromatic rings. The number of ether oxygens (including phenoxy) is 4. The van der Waals surface area contributed by atoms with E-state index in [1.807, 2.05) is 71.9 Å². The van der Waals surface area contributed by atoms with Crippen molar-refractivity contribution < 1.29 is 76.4 Å². The van der Waals surface area contributed by atoms with Gasteiger partial charge in [-0.3, -0.25) is 28.8 Å². The maximum absolute atomic E-state index is 17.9. The first-order valence-corrected chi connectivity index (χ1v) is 35.0. The molecule has 504 valence electrons. The average Bonchev–Trinajstić information content (AvgIpc) is 1.35. The number of aliphatic hydroxyl groups is 2. The number of ketones is 2. The van der Waals surface area contributed by atoms with Gasteiger partial charge in [0.05, 0.1) is 16.0 Å². The highest BCUT2D eigenvalue weighted by atomic mass is 79.9. The molecule has 0 aliphatic heterocycles. The van der Waals surface area contributed by atoms with Crippen LogP contribution in [-0.2, 0) is 70.2 Å². The van der Waals surface area contributed by atoms with Gasteiger partial charge in [0, 0.05) is 98.5 Å². The number of nitrogens with zero attached hydrogens (tertiary/aromatic N) is 2. The van der Waals surface area contributed by atoms with Gasteiger partial charge in [-0.1, -0.05) is 89.0 Å². The van der Waals surface area contributed by atoms with E-state index in [4.69, 9.17) is 28.6 Å². The van der Waals surface area contributed by atoms with Gasteiger partial charge in [0.1, 0.15) is 24.6 Å². The van der Waals surface area contributed by atoms with E-state index < -0.39 is 129 Å². The Bertz CT molecular complexity index is 3110. The molecule has 10 rings (SSSR count). The molecule has 2 aromatic heterocycles. The largest absolute Gasteiger partial charge is 0.457 e. The van der Waals surface area contributed by atoms with Crippen molar-refractivity contribution in [1.82, 2.24) is 0 Å². The molecule has 0 bridgehead atoms. The number of thiophene rings is 2. The van der Waals surface area contributed by atoms with Gasteiger partial charge in [-0.25, -0.2) is 8.78 Å². The highest BCUT2D eigenvalue weighted by Gasteiger charge is 2.79. The fourth-order valence-electron chi connectivity index (χ4n) is 17.8. The smallest absolute Gasteiger partial charge is 0.306 e. The number of alkyl halides is 2. The molecular formula is C71H93BrF2N2O14S2. The molecule has 16 atom stereocenters. The second-order valence-corrected chi connectivity index (χ2v) is 30.8. The molecule has 1 unspecified atom stereocenters. The summed E-state index contributed by atoms with van der Waals surface area (Å²) in [7, 11) is 0. The summed E-state index contributed by atoms with van der Waals surface area (Å²) in [6.45, 7) is 25.4. The molecule has 2 heterocycles. The predicted molar refractivity (Wildman–Crippen MR) is 353 cm³/mol. The van der Waals surface area contributed by atoms with E-state index >= 15 is 8.78 Å². The number of hydrogen-bond acceptors (Lipinski definition) is 18. The number of aryl methyl sites for hydroxylation is 1. The van der Waals surface area contributed by atoms with Crippen LogP contribution in [0.5, 0.6) is 0 Å². The van der Waals surface area contributed by atoms with Crippen molar-refractivity contribution in [3.05, 3.63) is 103 Å². The number of esters is 4. The minimum absolute atomic E-state index is 0.0483. The van der Waals surface area contributed by atoms with Crippen LogP contribution in [0.4, 0.5) is 8.78 Å². The molecule has 6 fully saturated rings. The van der Waals surface area contributed by atoms with Crippen molar-refractivity contribution in [3.8, 4) is 0 Å². The maximum atomic E-state index is 17.9. The first-order valence-electron chi connectivity index (χ1n) is 32.6. The molecule has 0 saturated heterocycles. The second kappa shape index (κ2) is 28.5. The normalized spacial score (nSPS) is 36.9. The van der Waals surface area contributed by atoms with Crippen LogP contribution in [0.15, 0.2) is 99.1 Å². The molecule has 16 nitrogen and oxygen atoms in total. The van der Waals surface area contributed by atoms with E-state index in [1.54, 1.807) is 68.6 Å². The van der Waals surface area contributed by atoms with Crippen molar-refractivity contribution in [2.24, 2.45) is 67.5 Å². The highest BCUT2D eigenvalue weighted by Crippen LogP contribution is 2.73. The van der Waals surface area contributed by atoms with Gasteiger partial charge in [0.2, 0.25) is 11.6 Å². The Morgan fingerprint density at radius 1 is 0.609 bits per heavy atom. The van der Waals surface area contributed by atoms with E-state index in [2.05, 4.69) is 58.5 Å². The fraction of sp³-hybridized carbons (Fsp3) is 0.634. The number of carbonyl (C=O) groups excluding carboxylic acids is 6. The van der Waals surface area contributed by atoms with Gasteiger partial charge in [-0.05, 0) is 148 Å². The van der Waals surface area contributed by atoms with E-state index in [0.717, 1.165) is 27.8 Å². The first-order chi connectivity index (χ1) is 43.5. The van der Waals surface area contributed by atoms with Crippen LogP contribution < -0.4 is 0 Å². The van der Waals surface area contributed by atoms with Crippen molar-refractivity contribution in [1.29, 1.82) is 0 Å². The lowest BCUT2D eigenvalue weighted by atomic mass is 9.44. The Balaban J connectivity index is 0.000000231. The quantitative estimate of drug-likeness (QED) is 0.0414. The SMILES string of the molecule is C=C.CCC(=O)OCC(=O)C1(OC(=O)CC)[C@@H](C)C[C@H]2[C@@H]3CCC4=C/C(=N\OCCc5ccc(Br)s5)C=C[C@]4(C)[C@@]3(F)[C@@H](O)C[C@@]21C.CCC(=O)OCC(=O)[C@@]1(OC(=O)CC)[C@@H](C)C[C@H]2[C@@H]3CCC4=C/C(=N\OCCc5ccc(C)s5)C=C[C@]4(C)[C@@]3(F)[C@@H](O)C[C@@]21C. The number of oxime groups is 2. The van der Waals surface area contributed by atoms with Crippen LogP contribution >= 0.6 is 38.6 Å². The number of rotatable bonds is 20. The fourth-order valence-corrected chi connectivity index (χ4v) is 20.1. The third-order valence-corrected chi connectivity index (χ3v) is 25.0. The first kappa shape index (κ1) is 72.4. The minimum atomic E-state index is -2.03. The Morgan fingerprint density at radius 3 is 1.36 bits per heavy atom. The maximum Gasteiger partial charge on any atom is 0.306 e. The van der Waals surface area contributed by atoms with Gasteiger partial charge >= 0.3 is 23.9 Å². The molecule has 2 N–H and O–H groups in total. The summed E-state index contributed by atoms with van der Waals surface area (Å²) in [5.41, 5.74) is -8.81. The van der Waals surface area contributed by atoms with Crippen LogP contribution in [0.3, 0.4) is 0 Å². The number of halogens is 3. The zero-order valence-electron chi connectivity index (χ0n) is 55.2. The zero-order chi connectivity index (χ0) is 67.6. The van der Waals surface area contributed by atoms with E-state index in [0.29, 0.717) is 63.2 Å². The van der Waals surface area contributed by atoms with E-state index in [-0.39, 0.29) is 50.4 Å². The van der Waals surface area contributed by atoms with Gasteiger partial charge in [-0.2, -0.15) is 0 Å². The number of hydrogen-bond donors (Lipinski definition) is 2. The minimum Gasteiger partial charge on any atom is -0.457 e. The highest BCUT2D eigenvalue weighted by molar-refractivity contribution is 9.11. The number of fused-ring (bicyclic) bond motifs is 10. The Kier molecular flexibility index (Phi) is 22.4. The molecule has 0 spiro atoms. The molecule has 6 saturated carbocycles. The van der Waals surface area contributed by atoms with Crippen molar-refractivity contribution >= 4 is 85.5 Å². The third-order valence-electron chi connectivity index (χ3n) is 22.3. The van der Waals surface area contributed by atoms with Crippen LogP contribution in [0, 0.1) is 64.1 Å². The summed E-state index contributed by atoms with van der Waals surface area (Å²) >= 11 is 6.85. The lowest BCUT2D eigenvalue weighted by Crippen LogP contribution is -2.70. The molecule has 0 amide bonds. The standard InChI is InChI=1S/C35H46FNO7S.C34H43BrFNO7S.C2H4/c1-7-30(40)42-20-29(39)35(44-31(41)8-2)21(3)17-27-26-12-10-23-18-24(37-43-16-14-25-11-9-22(4)45-25)13-15-32(23,5)34(26,36)28(38)19-33(27,35)6;1-6-29(40)42-19-27(39)34(44-30(41)7-2)20(3)16-25-24-10-8-21-17-22(37-43-15-13-23-9-11-28(35)45-23)12-14-31(21,4)33(24,36)26(38)18-32(25,34)5;1-2/h9,11,13,15,18,21,26-28,38H,7-8,10,12,14,16-17,19-20H2,1-6H3;9,11-12,14,17,20,24-26,38H,6-8,10,13,15-16,18-19H2,1-5H3;1-2H2/b37-24-;37-22-;/t21-,26-,27-,28-,32-,33-,34-,35-;20-,24-,25-,26-,31-,32-,33-,34?;/m00./s1. The van der Waals surface area contributed by atoms with Crippen LogP contribution in [0.2, 0.25) is 0 Å². The molecular weight excluding hydrogens is 1290 g/mol. The predicted octanol–water partition coefficient (Wildman–Crippen LogP) is 13.7. The Morgan fingerprint density at radius 2 is 1.00 bits per heavy atom. The van der Waals surface area contributed by atoms with Gasteiger partial charge in [0.25, 0.3) is 0 Å². The van der Waals surface area contributed by atoms with Gasteiger partial charge in [0.15, 0.2) is 35.8 Å². The number of allylic oxidation sites excluding steroid dienone is 8. The monoisotopic (exact) mass is 1380 g/mol. The van der Waals surface area contributed by atoms with Crippen molar-refractivity contribution in [2.45, 2.75) is 201 Å².